The number of carboxylic acid groups (broad SMARTS) is 1. The van der Waals surface area contributed by atoms with Crippen molar-refractivity contribution in [1.82, 2.24) is 15.1 Å². The predicted molar refractivity (Wildman–Crippen MR) is 77.1 cm³/mol. The van der Waals surface area contributed by atoms with E-state index in [1.54, 1.807) is 4.90 Å². The number of carbonyl (C=O) groups is 2. The molecule has 0 radical (unpaired) electrons. The number of hydrogen-bond donors (Lipinski definition) is 3. The molecule has 2 aliphatic heterocycles. The SMILES string of the molecule is CC(O)(CNC(=O)N1CCCN2CCCC2C1)CC(=O)O. The van der Waals surface area contributed by atoms with Gasteiger partial charge in [-0.3, -0.25) is 9.69 Å². The highest BCUT2D eigenvalue weighted by atomic mass is 16.4. The Morgan fingerprint density at radius 2 is 2.00 bits per heavy atom. The van der Waals surface area contributed by atoms with E-state index >= 15 is 0 Å². The van der Waals surface area contributed by atoms with Gasteiger partial charge in [0.15, 0.2) is 0 Å². The van der Waals surface area contributed by atoms with Crippen LogP contribution in [0.3, 0.4) is 0 Å². The van der Waals surface area contributed by atoms with Gasteiger partial charge in [-0.2, -0.15) is 0 Å². The molecule has 2 saturated heterocycles. The normalized spacial score (nSPS) is 25.8. The summed E-state index contributed by atoms with van der Waals surface area (Å²) in [6, 6.07) is 0.229. The number of aliphatic hydroxyl groups is 1. The highest BCUT2D eigenvalue weighted by molar-refractivity contribution is 5.74. The van der Waals surface area contributed by atoms with Gasteiger partial charge in [0.05, 0.1) is 12.0 Å². The molecule has 0 saturated carbocycles. The smallest absolute Gasteiger partial charge is 0.317 e. The van der Waals surface area contributed by atoms with Crippen LogP contribution in [0.15, 0.2) is 0 Å². The molecule has 0 aromatic carbocycles. The lowest BCUT2D eigenvalue weighted by molar-refractivity contribution is -0.141. The summed E-state index contributed by atoms with van der Waals surface area (Å²) in [6.45, 7) is 4.94. The number of carboxylic acids is 1. The number of carbonyl (C=O) groups excluding carboxylic acids is 1. The number of aliphatic carboxylic acids is 1. The van der Waals surface area contributed by atoms with Crippen molar-refractivity contribution in [2.75, 3.05) is 32.7 Å². The Morgan fingerprint density at radius 1 is 1.29 bits per heavy atom. The first-order valence-electron chi connectivity index (χ1n) is 7.58. The van der Waals surface area contributed by atoms with E-state index < -0.39 is 11.6 Å². The monoisotopic (exact) mass is 299 g/mol. The lowest BCUT2D eigenvalue weighted by atomic mass is 10.0. The maximum Gasteiger partial charge on any atom is 0.317 e. The molecule has 0 spiro atoms. The summed E-state index contributed by atoms with van der Waals surface area (Å²) < 4.78 is 0. The van der Waals surface area contributed by atoms with E-state index in [-0.39, 0.29) is 19.0 Å². The molecule has 7 nitrogen and oxygen atoms in total. The topological polar surface area (TPSA) is 93.1 Å². The van der Waals surface area contributed by atoms with E-state index in [4.69, 9.17) is 5.11 Å². The molecule has 3 N–H and O–H groups in total. The Balaban J connectivity index is 1.83. The molecule has 0 aromatic rings. The van der Waals surface area contributed by atoms with Crippen LogP contribution in [0.25, 0.3) is 0 Å². The van der Waals surface area contributed by atoms with E-state index in [2.05, 4.69) is 10.2 Å². The fourth-order valence-electron chi connectivity index (χ4n) is 3.16. The van der Waals surface area contributed by atoms with Gasteiger partial charge in [-0.05, 0) is 32.7 Å². The first-order chi connectivity index (χ1) is 9.87. The Morgan fingerprint density at radius 3 is 2.71 bits per heavy atom. The second-order valence-electron chi connectivity index (χ2n) is 6.36. The molecule has 2 rings (SSSR count). The first kappa shape index (κ1) is 16.0. The zero-order valence-electron chi connectivity index (χ0n) is 12.5. The highest BCUT2D eigenvalue weighted by Gasteiger charge is 2.31. The predicted octanol–water partition coefficient (Wildman–Crippen LogP) is 0.0918. The number of nitrogens with zero attached hydrogens (tertiary/aromatic N) is 2. The molecule has 120 valence electrons. The summed E-state index contributed by atoms with van der Waals surface area (Å²) in [4.78, 5) is 27.1. The van der Waals surface area contributed by atoms with Gasteiger partial charge < -0.3 is 20.4 Å². The Bertz CT molecular complexity index is 400. The minimum Gasteiger partial charge on any atom is -0.481 e. The van der Waals surface area contributed by atoms with Crippen LogP contribution in [0.1, 0.15) is 32.6 Å². The highest BCUT2D eigenvalue weighted by Crippen LogP contribution is 2.21. The van der Waals surface area contributed by atoms with Crippen molar-refractivity contribution in [2.45, 2.75) is 44.2 Å². The Hall–Kier alpha value is -1.34. The van der Waals surface area contributed by atoms with Crippen LogP contribution in [0, 0.1) is 0 Å². The van der Waals surface area contributed by atoms with Crippen LogP contribution in [-0.4, -0.2) is 76.4 Å². The third kappa shape index (κ3) is 4.57. The van der Waals surface area contributed by atoms with Crippen LogP contribution in [0.5, 0.6) is 0 Å². The summed E-state index contributed by atoms with van der Waals surface area (Å²) >= 11 is 0. The third-order valence-corrected chi connectivity index (χ3v) is 4.24. The van der Waals surface area contributed by atoms with Crippen molar-refractivity contribution in [2.24, 2.45) is 0 Å². The summed E-state index contributed by atoms with van der Waals surface area (Å²) in [5, 5.41) is 21.3. The van der Waals surface area contributed by atoms with Gasteiger partial charge in [0.1, 0.15) is 0 Å². The molecule has 2 aliphatic rings. The quantitative estimate of drug-likeness (QED) is 0.684. The second-order valence-corrected chi connectivity index (χ2v) is 6.36. The number of amides is 2. The summed E-state index contributed by atoms with van der Waals surface area (Å²) in [5.41, 5.74) is -1.42. The lowest BCUT2D eigenvalue weighted by Crippen LogP contribution is -2.49. The molecule has 2 amide bonds. The van der Waals surface area contributed by atoms with Gasteiger partial charge in [0.2, 0.25) is 0 Å². The number of urea groups is 1. The standard InChI is InChI=1S/C14H25N3O4/c1-14(21,8-12(18)19)10-15-13(20)17-7-3-6-16-5-2-4-11(16)9-17/h11,21H,2-10H2,1H3,(H,15,20)(H,18,19). The maximum absolute atomic E-state index is 12.2. The summed E-state index contributed by atoms with van der Waals surface area (Å²) in [5.74, 6) is -1.08. The fourth-order valence-corrected chi connectivity index (χ4v) is 3.16. The van der Waals surface area contributed by atoms with E-state index in [1.807, 2.05) is 0 Å². The molecule has 0 aliphatic carbocycles. The molecule has 0 bridgehead atoms. The van der Waals surface area contributed by atoms with E-state index in [9.17, 15) is 14.7 Å². The zero-order chi connectivity index (χ0) is 15.5. The summed E-state index contributed by atoms with van der Waals surface area (Å²) in [7, 11) is 0. The van der Waals surface area contributed by atoms with Crippen LogP contribution < -0.4 is 5.32 Å². The lowest BCUT2D eigenvalue weighted by Gasteiger charge is -2.28. The van der Waals surface area contributed by atoms with Gasteiger partial charge in [0, 0.05) is 32.2 Å². The Kier molecular flexibility index (Phi) is 5.05. The molecule has 2 atom stereocenters. The second kappa shape index (κ2) is 6.62. The van der Waals surface area contributed by atoms with Crippen molar-refractivity contribution in [3.63, 3.8) is 0 Å². The Labute approximate surface area is 124 Å². The molecule has 2 heterocycles. The number of hydrogen-bond acceptors (Lipinski definition) is 4. The number of rotatable bonds is 4. The molecule has 7 heteroatoms. The summed E-state index contributed by atoms with van der Waals surface area (Å²) in [6.07, 6.45) is 2.88. The molecule has 2 fully saturated rings. The van der Waals surface area contributed by atoms with E-state index in [1.165, 1.54) is 13.3 Å². The zero-order valence-corrected chi connectivity index (χ0v) is 12.5. The molecular formula is C14H25N3O4. The largest absolute Gasteiger partial charge is 0.481 e. The average molecular weight is 299 g/mol. The van der Waals surface area contributed by atoms with Crippen molar-refractivity contribution in [3.8, 4) is 0 Å². The van der Waals surface area contributed by atoms with Crippen molar-refractivity contribution >= 4 is 12.0 Å². The molecular weight excluding hydrogens is 274 g/mol. The number of fused-ring (bicyclic) bond motifs is 1. The third-order valence-electron chi connectivity index (χ3n) is 4.24. The fraction of sp³-hybridized carbons (Fsp3) is 0.857. The van der Waals surface area contributed by atoms with E-state index in [0.717, 1.165) is 25.9 Å². The first-order valence-corrected chi connectivity index (χ1v) is 7.58. The van der Waals surface area contributed by atoms with Crippen molar-refractivity contribution in [3.05, 3.63) is 0 Å². The maximum atomic E-state index is 12.2. The van der Waals surface area contributed by atoms with Crippen LogP contribution >= 0.6 is 0 Å². The van der Waals surface area contributed by atoms with Crippen LogP contribution in [0.4, 0.5) is 4.79 Å². The van der Waals surface area contributed by atoms with E-state index in [0.29, 0.717) is 19.1 Å². The van der Waals surface area contributed by atoms with Gasteiger partial charge in [0.25, 0.3) is 0 Å². The average Bonchev–Trinajstić information content (AvgIpc) is 2.72. The minimum absolute atomic E-state index is 0.0526. The van der Waals surface area contributed by atoms with Crippen molar-refractivity contribution < 1.29 is 19.8 Å². The van der Waals surface area contributed by atoms with Gasteiger partial charge >= 0.3 is 12.0 Å². The van der Waals surface area contributed by atoms with Crippen LogP contribution in [-0.2, 0) is 4.79 Å². The van der Waals surface area contributed by atoms with Gasteiger partial charge in [-0.15, -0.1) is 0 Å². The number of nitrogens with one attached hydrogen (secondary N) is 1. The van der Waals surface area contributed by atoms with Crippen molar-refractivity contribution in [1.29, 1.82) is 0 Å². The van der Waals surface area contributed by atoms with Gasteiger partial charge in [-0.25, -0.2) is 4.79 Å². The van der Waals surface area contributed by atoms with Crippen LogP contribution in [0.2, 0.25) is 0 Å². The van der Waals surface area contributed by atoms with Gasteiger partial charge in [-0.1, -0.05) is 0 Å². The molecule has 21 heavy (non-hydrogen) atoms. The molecule has 2 unspecified atom stereocenters. The molecule has 0 aromatic heterocycles. The minimum atomic E-state index is -1.42.